The van der Waals surface area contributed by atoms with Crippen LogP contribution in [0.15, 0.2) is 0 Å². The predicted molar refractivity (Wildman–Crippen MR) is 39.5 cm³/mol. The fourth-order valence-electron chi connectivity index (χ4n) is 1.36. The van der Waals surface area contributed by atoms with Crippen LogP contribution in [-0.2, 0) is 0 Å². The van der Waals surface area contributed by atoms with Gasteiger partial charge in [0, 0.05) is 13.1 Å². The summed E-state index contributed by atoms with van der Waals surface area (Å²) in [6.07, 6.45) is 1.35. The first-order chi connectivity index (χ1) is 4.33. The molecule has 0 radical (unpaired) electrons. The molecule has 0 aromatic heterocycles. The van der Waals surface area contributed by atoms with Crippen molar-refractivity contribution >= 4 is 0 Å². The molecule has 0 bridgehead atoms. The van der Waals surface area contributed by atoms with E-state index < -0.39 is 0 Å². The summed E-state index contributed by atoms with van der Waals surface area (Å²) >= 11 is 0. The minimum atomic E-state index is 0.974. The van der Waals surface area contributed by atoms with Crippen LogP contribution in [0.4, 0.5) is 0 Å². The molecule has 0 spiro atoms. The van der Waals surface area contributed by atoms with Crippen LogP contribution in [0.3, 0.4) is 0 Å². The van der Waals surface area contributed by atoms with Crippen molar-refractivity contribution in [3.63, 3.8) is 0 Å². The summed E-state index contributed by atoms with van der Waals surface area (Å²) in [5.74, 6) is 0.974. The third-order valence-corrected chi connectivity index (χ3v) is 1.94. The van der Waals surface area contributed by atoms with E-state index in [9.17, 15) is 0 Å². The highest BCUT2D eigenvalue weighted by atomic mass is 15.2. The molecule has 0 aromatic rings. The van der Waals surface area contributed by atoms with E-state index in [-0.39, 0.29) is 0 Å². The largest absolute Gasteiger partial charge is 0.320 e. The molecular weight excluding hydrogens is 112 g/mol. The summed E-state index contributed by atoms with van der Waals surface area (Å²) in [6, 6.07) is 0. The summed E-state index contributed by atoms with van der Waals surface area (Å²) in [5, 5.41) is 3.16. The minimum Gasteiger partial charge on any atom is -0.320 e. The quantitative estimate of drug-likeness (QED) is 0.582. The Hall–Kier alpha value is -0.0800. The van der Waals surface area contributed by atoms with Crippen LogP contribution < -0.4 is 5.32 Å². The van der Waals surface area contributed by atoms with Gasteiger partial charge in [0.05, 0.1) is 0 Å². The molecule has 1 aliphatic heterocycles. The van der Waals surface area contributed by atoms with Gasteiger partial charge >= 0.3 is 0 Å². The molecule has 1 saturated heterocycles. The van der Waals surface area contributed by atoms with Crippen molar-refractivity contribution in [2.45, 2.75) is 6.42 Å². The SMILES string of the molecule is CNCCC1CN(C)C1. The molecule has 2 heteroatoms. The highest BCUT2D eigenvalue weighted by Crippen LogP contribution is 2.15. The molecular formula is C7H16N2. The first-order valence-corrected chi connectivity index (χ1v) is 3.66. The van der Waals surface area contributed by atoms with Crippen molar-refractivity contribution in [1.82, 2.24) is 10.2 Å². The number of likely N-dealkylation sites (tertiary alicyclic amines) is 1. The van der Waals surface area contributed by atoms with Crippen LogP contribution in [0.5, 0.6) is 0 Å². The molecule has 9 heavy (non-hydrogen) atoms. The van der Waals surface area contributed by atoms with E-state index in [1.54, 1.807) is 0 Å². The first-order valence-electron chi connectivity index (χ1n) is 3.66. The lowest BCUT2D eigenvalue weighted by molar-refractivity contribution is 0.127. The van der Waals surface area contributed by atoms with E-state index in [0.29, 0.717) is 0 Å². The zero-order valence-electron chi connectivity index (χ0n) is 6.35. The molecule has 2 nitrogen and oxygen atoms in total. The number of rotatable bonds is 3. The van der Waals surface area contributed by atoms with E-state index in [1.165, 1.54) is 26.1 Å². The third-order valence-electron chi connectivity index (χ3n) is 1.94. The average molecular weight is 128 g/mol. The van der Waals surface area contributed by atoms with Gasteiger partial charge in [-0.1, -0.05) is 0 Å². The van der Waals surface area contributed by atoms with Crippen LogP contribution in [-0.4, -0.2) is 38.6 Å². The van der Waals surface area contributed by atoms with E-state index >= 15 is 0 Å². The third kappa shape index (κ3) is 1.95. The molecule has 54 valence electrons. The molecule has 1 heterocycles. The van der Waals surface area contributed by atoms with Crippen molar-refractivity contribution in [2.24, 2.45) is 5.92 Å². The van der Waals surface area contributed by atoms with E-state index in [1.807, 2.05) is 7.05 Å². The van der Waals surface area contributed by atoms with Crippen molar-refractivity contribution < 1.29 is 0 Å². The average Bonchev–Trinajstić information content (AvgIpc) is 1.78. The molecule has 1 N–H and O–H groups in total. The van der Waals surface area contributed by atoms with Gasteiger partial charge < -0.3 is 10.2 Å². The summed E-state index contributed by atoms with van der Waals surface area (Å²) in [6.45, 7) is 3.79. The highest BCUT2D eigenvalue weighted by molar-refractivity contribution is 4.76. The van der Waals surface area contributed by atoms with Crippen LogP contribution in [0.2, 0.25) is 0 Å². The van der Waals surface area contributed by atoms with Gasteiger partial charge in [0.2, 0.25) is 0 Å². The van der Waals surface area contributed by atoms with Crippen molar-refractivity contribution in [3.05, 3.63) is 0 Å². The second kappa shape index (κ2) is 3.18. The lowest BCUT2D eigenvalue weighted by Crippen LogP contribution is -2.44. The Morgan fingerprint density at radius 3 is 2.67 bits per heavy atom. The number of hydrogen-bond acceptors (Lipinski definition) is 2. The molecule has 0 atom stereocenters. The van der Waals surface area contributed by atoms with Crippen LogP contribution >= 0.6 is 0 Å². The number of hydrogen-bond donors (Lipinski definition) is 1. The zero-order chi connectivity index (χ0) is 6.69. The maximum Gasteiger partial charge on any atom is 0.00194 e. The fourth-order valence-corrected chi connectivity index (χ4v) is 1.36. The summed E-state index contributed by atoms with van der Waals surface area (Å²) in [7, 11) is 4.19. The van der Waals surface area contributed by atoms with Gasteiger partial charge in [-0.3, -0.25) is 0 Å². The van der Waals surface area contributed by atoms with Gasteiger partial charge in [-0.25, -0.2) is 0 Å². The first kappa shape index (κ1) is 7.03. The normalized spacial score (nSPS) is 22.0. The topological polar surface area (TPSA) is 15.3 Å². The van der Waals surface area contributed by atoms with E-state index in [2.05, 4.69) is 17.3 Å². The maximum atomic E-state index is 3.16. The Bertz CT molecular complexity index is 77.0. The molecule has 0 amide bonds. The van der Waals surface area contributed by atoms with Crippen LogP contribution in [0, 0.1) is 5.92 Å². The van der Waals surface area contributed by atoms with Gasteiger partial charge in [-0.2, -0.15) is 0 Å². The summed E-state index contributed by atoms with van der Waals surface area (Å²) in [4.78, 5) is 2.36. The van der Waals surface area contributed by atoms with Crippen LogP contribution in [0.25, 0.3) is 0 Å². The van der Waals surface area contributed by atoms with E-state index in [4.69, 9.17) is 0 Å². The Balaban J connectivity index is 1.91. The minimum absolute atomic E-state index is 0.974. The van der Waals surface area contributed by atoms with Crippen molar-refractivity contribution in [3.8, 4) is 0 Å². The Morgan fingerprint density at radius 2 is 2.22 bits per heavy atom. The summed E-state index contributed by atoms with van der Waals surface area (Å²) < 4.78 is 0. The van der Waals surface area contributed by atoms with Gasteiger partial charge in [0.1, 0.15) is 0 Å². The Kier molecular flexibility index (Phi) is 2.49. The van der Waals surface area contributed by atoms with Gasteiger partial charge in [-0.05, 0) is 33.0 Å². The van der Waals surface area contributed by atoms with Gasteiger partial charge in [0.15, 0.2) is 0 Å². The maximum absolute atomic E-state index is 3.16. The van der Waals surface area contributed by atoms with Crippen LogP contribution in [0.1, 0.15) is 6.42 Å². The second-order valence-corrected chi connectivity index (χ2v) is 2.98. The summed E-state index contributed by atoms with van der Waals surface area (Å²) in [5.41, 5.74) is 0. The highest BCUT2D eigenvalue weighted by Gasteiger charge is 2.21. The zero-order valence-corrected chi connectivity index (χ0v) is 6.35. The molecule has 0 aliphatic carbocycles. The van der Waals surface area contributed by atoms with E-state index in [0.717, 1.165) is 5.92 Å². The molecule has 1 rings (SSSR count). The van der Waals surface area contributed by atoms with Crippen molar-refractivity contribution in [2.75, 3.05) is 33.7 Å². The van der Waals surface area contributed by atoms with Crippen molar-refractivity contribution in [1.29, 1.82) is 0 Å². The second-order valence-electron chi connectivity index (χ2n) is 2.98. The lowest BCUT2D eigenvalue weighted by atomic mass is 9.97. The fraction of sp³-hybridized carbons (Fsp3) is 1.00. The smallest absolute Gasteiger partial charge is 0.00194 e. The molecule has 0 unspecified atom stereocenters. The molecule has 1 fully saturated rings. The lowest BCUT2D eigenvalue weighted by Gasteiger charge is -2.36. The number of nitrogens with zero attached hydrogens (tertiary/aromatic N) is 1. The molecule has 0 aromatic carbocycles. The monoisotopic (exact) mass is 128 g/mol. The molecule has 0 saturated carbocycles. The standard InChI is InChI=1S/C7H16N2/c1-8-4-3-7-5-9(2)6-7/h7-8H,3-6H2,1-2H3. The predicted octanol–water partition coefficient (Wildman–Crippen LogP) is 0.157. The molecule has 1 aliphatic rings. The van der Waals surface area contributed by atoms with Gasteiger partial charge in [0.25, 0.3) is 0 Å². The Labute approximate surface area is 57.2 Å². The Morgan fingerprint density at radius 1 is 1.56 bits per heavy atom. The number of nitrogens with one attached hydrogen (secondary N) is 1. The van der Waals surface area contributed by atoms with Gasteiger partial charge in [-0.15, -0.1) is 0 Å².